The minimum absolute atomic E-state index is 0.352. The highest BCUT2D eigenvalue weighted by Gasteiger charge is 2.26. The zero-order valence-electron chi connectivity index (χ0n) is 15.4. The van der Waals surface area contributed by atoms with Gasteiger partial charge in [-0.2, -0.15) is 0 Å². The van der Waals surface area contributed by atoms with Crippen LogP contribution in [0.4, 0.5) is 0 Å². The molecule has 128 valence electrons. The molecule has 0 aromatic heterocycles. The molecule has 21 heavy (non-hydrogen) atoms. The monoisotopic (exact) mass is 316 g/mol. The zero-order valence-corrected chi connectivity index (χ0v) is 16.4. The van der Waals surface area contributed by atoms with E-state index >= 15 is 0 Å². The summed E-state index contributed by atoms with van der Waals surface area (Å²) in [6.07, 6.45) is 14.8. The predicted molar refractivity (Wildman–Crippen MR) is 96.1 cm³/mol. The Hall–Kier alpha value is 0.137. The molecule has 0 spiro atoms. The molecule has 1 unspecified atom stereocenters. The van der Waals surface area contributed by atoms with E-state index < -0.39 is 8.56 Å². The molecule has 0 amide bonds. The van der Waals surface area contributed by atoms with Crippen molar-refractivity contribution >= 4 is 8.56 Å². The molecule has 0 rings (SSSR count). The largest absolute Gasteiger partial charge is 0.395 e. The van der Waals surface area contributed by atoms with Gasteiger partial charge in [0.15, 0.2) is 0 Å². The van der Waals surface area contributed by atoms with Crippen molar-refractivity contribution in [3.63, 3.8) is 0 Å². The summed E-state index contributed by atoms with van der Waals surface area (Å²) in [4.78, 5) is 0. The predicted octanol–water partition coefficient (Wildman–Crippen LogP) is 6.44. The SMILES string of the molecule is CCCCCCCCCCO[Si](C)(C)OC(C)CCCC. The second-order valence-electron chi connectivity index (χ2n) is 6.79. The second-order valence-corrected chi connectivity index (χ2v) is 10.1. The van der Waals surface area contributed by atoms with Crippen LogP contribution in [0.15, 0.2) is 0 Å². The van der Waals surface area contributed by atoms with Crippen LogP contribution in [0.2, 0.25) is 13.1 Å². The van der Waals surface area contributed by atoms with E-state index in [4.69, 9.17) is 8.85 Å². The van der Waals surface area contributed by atoms with Crippen LogP contribution in [-0.4, -0.2) is 21.3 Å². The Kier molecular flexibility index (Phi) is 13.9. The summed E-state index contributed by atoms with van der Waals surface area (Å²) in [6.45, 7) is 11.9. The minimum atomic E-state index is -1.90. The van der Waals surface area contributed by atoms with E-state index in [1.807, 2.05) is 0 Å². The summed E-state index contributed by atoms with van der Waals surface area (Å²) in [5.74, 6) is 0. The molecule has 1 atom stereocenters. The molecule has 0 heterocycles. The average Bonchev–Trinajstić information content (AvgIpc) is 2.42. The Balaban J connectivity index is 3.47. The van der Waals surface area contributed by atoms with Gasteiger partial charge in [0.25, 0.3) is 0 Å². The van der Waals surface area contributed by atoms with Gasteiger partial charge in [-0.25, -0.2) is 0 Å². The molecule has 0 aromatic rings. The molecule has 2 nitrogen and oxygen atoms in total. The van der Waals surface area contributed by atoms with Gasteiger partial charge in [-0.05, 0) is 32.9 Å². The quantitative estimate of drug-likeness (QED) is 0.255. The normalized spacial score (nSPS) is 13.6. The van der Waals surface area contributed by atoms with E-state index in [2.05, 4.69) is 33.9 Å². The number of unbranched alkanes of at least 4 members (excludes halogenated alkanes) is 8. The third kappa shape index (κ3) is 14.8. The first-order valence-electron chi connectivity index (χ1n) is 9.33. The summed E-state index contributed by atoms with van der Waals surface area (Å²) in [5, 5.41) is 0. The summed E-state index contributed by atoms with van der Waals surface area (Å²) >= 11 is 0. The highest BCUT2D eigenvalue weighted by molar-refractivity contribution is 6.64. The topological polar surface area (TPSA) is 18.5 Å². The molecule has 0 bridgehead atoms. The molecule has 0 N–H and O–H groups in total. The smallest absolute Gasteiger partial charge is 0.331 e. The van der Waals surface area contributed by atoms with Crippen LogP contribution in [-0.2, 0) is 8.85 Å². The highest BCUT2D eigenvalue weighted by Crippen LogP contribution is 2.15. The number of rotatable bonds is 15. The Morgan fingerprint density at radius 1 is 0.762 bits per heavy atom. The molecular weight excluding hydrogens is 276 g/mol. The lowest BCUT2D eigenvalue weighted by molar-refractivity contribution is 0.122. The van der Waals surface area contributed by atoms with Crippen molar-refractivity contribution in [1.29, 1.82) is 0 Å². The van der Waals surface area contributed by atoms with Crippen LogP contribution >= 0.6 is 0 Å². The van der Waals surface area contributed by atoms with Crippen molar-refractivity contribution in [2.75, 3.05) is 6.61 Å². The maximum atomic E-state index is 6.13. The van der Waals surface area contributed by atoms with Gasteiger partial charge >= 0.3 is 8.56 Å². The van der Waals surface area contributed by atoms with E-state index in [0.29, 0.717) is 6.10 Å². The van der Waals surface area contributed by atoms with Gasteiger partial charge in [0.1, 0.15) is 0 Å². The van der Waals surface area contributed by atoms with Crippen molar-refractivity contribution in [2.24, 2.45) is 0 Å². The molecule has 0 aliphatic carbocycles. The van der Waals surface area contributed by atoms with Crippen LogP contribution in [0.1, 0.15) is 91.4 Å². The van der Waals surface area contributed by atoms with Gasteiger partial charge in [0.05, 0.1) is 0 Å². The van der Waals surface area contributed by atoms with E-state index in [0.717, 1.165) is 13.0 Å². The van der Waals surface area contributed by atoms with Crippen LogP contribution in [0.25, 0.3) is 0 Å². The van der Waals surface area contributed by atoms with Gasteiger partial charge in [0, 0.05) is 12.7 Å². The maximum Gasteiger partial charge on any atom is 0.331 e. The van der Waals surface area contributed by atoms with Gasteiger partial charge < -0.3 is 8.85 Å². The summed E-state index contributed by atoms with van der Waals surface area (Å²) in [7, 11) is -1.90. The lowest BCUT2D eigenvalue weighted by Crippen LogP contribution is -2.38. The molecular formula is C18H40O2Si. The fraction of sp³-hybridized carbons (Fsp3) is 1.00. The second kappa shape index (κ2) is 13.8. The fourth-order valence-electron chi connectivity index (χ4n) is 2.62. The standard InChI is InChI=1S/C18H40O2Si/c1-6-8-10-11-12-13-14-15-17-19-21(4,5)20-18(3)16-9-7-2/h18H,6-17H2,1-5H3. The highest BCUT2D eigenvalue weighted by atomic mass is 28.4. The molecule has 0 fully saturated rings. The van der Waals surface area contributed by atoms with Gasteiger partial charge in [-0.3, -0.25) is 0 Å². The minimum Gasteiger partial charge on any atom is -0.395 e. The number of hydrogen-bond acceptors (Lipinski definition) is 2. The maximum absolute atomic E-state index is 6.13. The first kappa shape index (κ1) is 21.1. The molecule has 0 aliphatic heterocycles. The van der Waals surface area contributed by atoms with Gasteiger partial charge in [-0.1, -0.05) is 71.6 Å². The Bertz CT molecular complexity index is 219. The third-order valence-corrected chi connectivity index (χ3v) is 5.77. The van der Waals surface area contributed by atoms with Gasteiger partial charge in [0.2, 0.25) is 0 Å². The van der Waals surface area contributed by atoms with Gasteiger partial charge in [-0.15, -0.1) is 0 Å². The van der Waals surface area contributed by atoms with Crippen LogP contribution in [0.3, 0.4) is 0 Å². The lowest BCUT2D eigenvalue weighted by atomic mass is 10.1. The van der Waals surface area contributed by atoms with E-state index in [1.165, 1.54) is 64.2 Å². The zero-order chi connectivity index (χ0) is 16.0. The summed E-state index contributed by atoms with van der Waals surface area (Å²) in [6, 6.07) is 0. The van der Waals surface area contributed by atoms with Crippen LogP contribution in [0, 0.1) is 0 Å². The molecule has 0 saturated heterocycles. The fourth-order valence-corrected chi connectivity index (χ4v) is 4.41. The lowest BCUT2D eigenvalue weighted by Gasteiger charge is -2.27. The molecule has 0 saturated carbocycles. The van der Waals surface area contributed by atoms with E-state index in [9.17, 15) is 0 Å². The van der Waals surface area contributed by atoms with E-state index in [1.54, 1.807) is 0 Å². The Morgan fingerprint density at radius 2 is 1.29 bits per heavy atom. The molecule has 0 aliphatic rings. The van der Waals surface area contributed by atoms with E-state index in [-0.39, 0.29) is 0 Å². The first-order valence-corrected chi connectivity index (χ1v) is 12.1. The van der Waals surface area contributed by atoms with Crippen molar-refractivity contribution in [1.82, 2.24) is 0 Å². The van der Waals surface area contributed by atoms with Crippen LogP contribution < -0.4 is 0 Å². The van der Waals surface area contributed by atoms with Crippen molar-refractivity contribution < 1.29 is 8.85 Å². The summed E-state index contributed by atoms with van der Waals surface area (Å²) < 4.78 is 12.2. The molecule has 3 heteroatoms. The number of hydrogen-bond donors (Lipinski definition) is 0. The first-order chi connectivity index (χ1) is 10.0. The van der Waals surface area contributed by atoms with Crippen molar-refractivity contribution in [3.8, 4) is 0 Å². The Labute approximate surface area is 135 Å². The van der Waals surface area contributed by atoms with Crippen LogP contribution in [0.5, 0.6) is 0 Å². The third-order valence-electron chi connectivity index (χ3n) is 3.90. The molecule has 0 aromatic carbocycles. The Morgan fingerprint density at radius 3 is 1.86 bits per heavy atom. The average molecular weight is 317 g/mol. The summed E-state index contributed by atoms with van der Waals surface area (Å²) in [5.41, 5.74) is 0. The molecule has 0 radical (unpaired) electrons. The van der Waals surface area contributed by atoms with Crippen molar-refractivity contribution in [2.45, 2.75) is 111 Å². The van der Waals surface area contributed by atoms with Crippen molar-refractivity contribution in [3.05, 3.63) is 0 Å².